The molecule has 0 aromatic rings. The van der Waals surface area contributed by atoms with E-state index in [4.69, 9.17) is 0 Å². The number of hydrogen-bond donors (Lipinski definition) is 1. The normalized spacial score (nSPS) is 8.17. The maximum absolute atomic E-state index is 3.56. The average Bonchev–Trinajstić information content (AvgIpc) is 1.41. The van der Waals surface area contributed by atoms with Crippen LogP contribution in [0.2, 0.25) is 0 Å². The zero-order chi connectivity index (χ0) is 4.12. The molecule has 1 radical (unpaired) electrons. The Morgan fingerprint density at radius 3 is 2.33 bits per heavy atom. The number of nitrogens with zero attached hydrogens (tertiary/aromatic N) is 1. The average molecular weight is 278 g/mol. The van der Waals surface area contributed by atoms with Crippen molar-refractivity contribution in [3.63, 3.8) is 0 Å². The zero-order valence-electron chi connectivity index (χ0n) is 2.90. The van der Waals surface area contributed by atoms with E-state index in [1.54, 1.807) is 0 Å². The molecule has 0 spiro atoms. The smallest absolute Gasteiger partial charge is 0.0795 e. The van der Waals surface area contributed by atoms with E-state index in [2.05, 4.69) is 27.8 Å². The first-order valence-corrected chi connectivity index (χ1v) is 2.96. The van der Waals surface area contributed by atoms with E-state index in [1.165, 1.54) is 0 Å². The quantitative estimate of drug-likeness (QED) is 0.754. The first-order valence-electron chi connectivity index (χ1n) is 0.986. The summed E-state index contributed by atoms with van der Waals surface area (Å²) in [5.74, 6) is 0. The van der Waals surface area contributed by atoms with Gasteiger partial charge in [-0.1, -0.05) is 9.39 Å². The van der Waals surface area contributed by atoms with Gasteiger partial charge in [0.15, 0.2) is 0 Å². The monoisotopic (exact) mass is 279 g/mol. The van der Waals surface area contributed by atoms with E-state index >= 15 is 0 Å². The van der Waals surface area contributed by atoms with Crippen LogP contribution in [-0.2, 0) is 0 Å². The molecule has 0 saturated carbocycles. The van der Waals surface area contributed by atoms with Crippen LogP contribution < -0.4 is 4.86 Å². The predicted octanol–water partition coefficient (Wildman–Crippen LogP) is 1.20. The van der Waals surface area contributed by atoms with Gasteiger partial charge in [-0.3, -0.25) is 4.86 Å². The Labute approximate surface area is 84.6 Å². The van der Waals surface area contributed by atoms with Crippen LogP contribution in [0.15, 0.2) is 4.52 Å². The zero-order valence-corrected chi connectivity index (χ0v) is 8.48. The van der Waals surface area contributed by atoms with Crippen LogP contribution in [0.25, 0.3) is 0 Å². The minimum Gasteiger partial charge on any atom is -0.263 e. The van der Waals surface area contributed by atoms with Crippen molar-refractivity contribution in [3.8, 4) is 0 Å². The largest absolute Gasteiger partial charge is 0.263 e. The Morgan fingerprint density at radius 2 is 2.33 bits per heavy atom. The summed E-state index contributed by atoms with van der Waals surface area (Å²) in [6.07, 6.45) is 0. The molecule has 0 aromatic carbocycles. The fourth-order valence-corrected chi connectivity index (χ4v) is 0.871. The van der Waals surface area contributed by atoms with Crippen LogP contribution in [0, 0.1) is 49.4 Å². The van der Waals surface area contributed by atoms with Gasteiger partial charge in [0.2, 0.25) is 0 Å². The Bertz CT molecular complexity index is 30.0. The maximum Gasteiger partial charge on any atom is 0.0795 e. The molecule has 0 saturated heterocycles. The number of rotatable bonds is 2. The summed E-state index contributed by atoms with van der Waals surface area (Å²) >= 11 is 0. The second-order valence-corrected chi connectivity index (χ2v) is 2.64. The van der Waals surface area contributed by atoms with Crippen molar-refractivity contribution in [3.05, 3.63) is 0 Å². The molecule has 6 heavy (non-hydrogen) atoms. The fraction of sp³-hybridized carbons (Fsp3) is 0. The van der Waals surface area contributed by atoms with Crippen molar-refractivity contribution in [1.82, 2.24) is 4.86 Å². The molecule has 0 aliphatic heterocycles. The van der Waals surface area contributed by atoms with Gasteiger partial charge in [0, 0.05) is 49.4 Å². The van der Waals surface area contributed by atoms with E-state index in [9.17, 15) is 0 Å². The van der Waals surface area contributed by atoms with Crippen LogP contribution in [0.3, 0.4) is 0 Å². The summed E-state index contributed by atoms with van der Waals surface area (Å²) in [4.78, 5) is 2.75. The molecule has 0 aliphatic carbocycles. The van der Waals surface area contributed by atoms with Crippen LogP contribution in [0.1, 0.15) is 0 Å². The summed E-state index contributed by atoms with van der Waals surface area (Å²) in [5.41, 5.74) is 0. The SMILES string of the molecule is P=NPNP.[Eu]. The van der Waals surface area contributed by atoms with Crippen LogP contribution >= 0.6 is 27.3 Å². The second kappa shape index (κ2) is 10.5. The standard InChI is InChI=1S/Eu.H5N2P3/c;3-1-5-2-4/h;1,4-5H,3H2. The Hall–Kier alpha value is 2.50. The molecule has 0 bridgehead atoms. The van der Waals surface area contributed by atoms with E-state index in [-0.39, 0.29) is 49.4 Å². The van der Waals surface area contributed by atoms with Gasteiger partial charge in [0.05, 0.1) is 8.88 Å². The molecule has 0 heterocycles. The van der Waals surface area contributed by atoms with Gasteiger partial charge in [0.1, 0.15) is 0 Å². The van der Waals surface area contributed by atoms with Gasteiger partial charge < -0.3 is 0 Å². The third-order valence-corrected chi connectivity index (χ3v) is 1.08. The predicted molar refractivity (Wildman–Crippen MR) is 31.9 cm³/mol. The molecular weight excluding hydrogens is 273 g/mol. The summed E-state index contributed by atoms with van der Waals surface area (Å²) in [6.45, 7) is 0. The molecule has 0 rings (SSSR count). The number of nitrogens with one attached hydrogen (secondary N) is 1. The Morgan fingerprint density at radius 1 is 1.83 bits per heavy atom. The van der Waals surface area contributed by atoms with Crippen molar-refractivity contribution in [1.29, 1.82) is 0 Å². The molecular formula is H5EuN2P3. The first kappa shape index (κ1) is 11.3. The minimum absolute atomic E-state index is 0. The van der Waals surface area contributed by atoms with Crippen LogP contribution in [0.5, 0.6) is 0 Å². The summed E-state index contributed by atoms with van der Waals surface area (Å²) < 4.78 is 3.56. The van der Waals surface area contributed by atoms with Crippen molar-refractivity contribution in [2.75, 3.05) is 0 Å². The van der Waals surface area contributed by atoms with Gasteiger partial charge >= 0.3 is 0 Å². The molecule has 37 valence electrons. The van der Waals surface area contributed by atoms with Gasteiger partial charge in [-0.05, 0) is 9.03 Å². The first-order chi connectivity index (χ1) is 2.41. The van der Waals surface area contributed by atoms with Gasteiger partial charge in [0.25, 0.3) is 0 Å². The molecule has 0 amide bonds. The van der Waals surface area contributed by atoms with E-state index < -0.39 is 0 Å². The number of hydrogen-bond acceptors (Lipinski definition) is 2. The molecule has 0 aliphatic rings. The van der Waals surface area contributed by atoms with Crippen LogP contribution in [-0.4, -0.2) is 0 Å². The van der Waals surface area contributed by atoms with Gasteiger partial charge in [-0.15, -0.1) is 0 Å². The molecule has 1 N–H and O–H groups in total. The summed E-state index contributed by atoms with van der Waals surface area (Å²) in [7, 11) is 5.70. The molecule has 0 aromatic heterocycles. The van der Waals surface area contributed by atoms with Crippen molar-refractivity contribution < 1.29 is 49.4 Å². The van der Waals surface area contributed by atoms with Crippen molar-refractivity contribution in [2.45, 2.75) is 0 Å². The fourth-order valence-electron chi connectivity index (χ4n) is 0.0323. The summed E-state index contributed by atoms with van der Waals surface area (Å²) in [6, 6.07) is 0. The Kier molecular flexibility index (Phi) is 19.8. The van der Waals surface area contributed by atoms with E-state index in [0.717, 1.165) is 0 Å². The second-order valence-electron chi connectivity index (χ2n) is 0.368. The van der Waals surface area contributed by atoms with Crippen molar-refractivity contribution in [2.24, 2.45) is 4.52 Å². The molecule has 2 atom stereocenters. The van der Waals surface area contributed by atoms with E-state index in [0.29, 0.717) is 8.88 Å². The van der Waals surface area contributed by atoms with E-state index in [1.807, 2.05) is 0 Å². The van der Waals surface area contributed by atoms with Crippen molar-refractivity contribution >= 4 is 27.3 Å². The Balaban J connectivity index is 0. The van der Waals surface area contributed by atoms with Gasteiger partial charge in [-0.25, -0.2) is 4.52 Å². The van der Waals surface area contributed by atoms with Gasteiger partial charge in [-0.2, -0.15) is 0 Å². The third kappa shape index (κ3) is 9.71. The third-order valence-electron chi connectivity index (χ3n) is 0.120. The summed E-state index contributed by atoms with van der Waals surface area (Å²) in [5, 5.41) is 0. The maximum atomic E-state index is 3.56. The molecule has 2 nitrogen and oxygen atoms in total. The molecule has 0 fully saturated rings. The molecule has 6 heteroatoms. The minimum atomic E-state index is 0. The van der Waals surface area contributed by atoms with Crippen LogP contribution in [0.4, 0.5) is 0 Å². The topological polar surface area (TPSA) is 24.4 Å². The molecule has 2 unspecified atom stereocenters.